The molecule has 18 heavy (non-hydrogen) atoms. The average molecular weight is 247 g/mol. The first-order valence-electron chi connectivity index (χ1n) is 5.44. The average Bonchev–Trinajstić information content (AvgIpc) is 2.79. The van der Waals surface area contributed by atoms with Gasteiger partial charge in [-0.1, -0.05) is 12.1 Å². The lowest BCUT2D eigenvalue weighted by atomic mass is 10.3. The van der Waals surface area contributed by atoms with Crippen molar-refractivity contribution in [1.82, 2.24) is 14.9 Å². The predicted molar refractivity (Wildman–Crippen MR) is 64.8 cm³/mol. The molecule has 0 spiro atoms. The van der Waals surface area contributed by atoms with Gasteiger partial charge in [0.25, 0.3) is 0 Å². The van der Waals surface area contributed by atoms with E-state index in [2.05, 4.69) is 15.0 Å². The minimum atomic E-state index is -0.473. The zero-order chi connectivity index (χ0) is 13.0. The highest BCUT2D eigenvalue weighted by atomic mass is 16.5. The first-order chi connectivity index (χ1) is 8.70. The molecule has 6 heteroatoms. The molecular formula is C12H13N3O3. The summed E-state index contributed by atoms with van der Waals surface area (Å²) in [4.78, 5) is 26.7. The molecule has 1 N–H and O–H groups in total. The number of aromatic nitrogens is 2. The van der Waals surface area contributed by atoms with E-state index in [4.69, 9.17) is 0 Å². The third-order valence-corrected chi connectivity index (χ3v) is 2.50. The standard InChI is InChI=1S/C12H13N3O3/c1-18-12(17)6-13-11(16)7-15-8-14-9-4-2-3-5-10(9)15/h2-5,8H,6-7H2,1H3,(H,13,16). The normalized spacial score (nSPS) is 10.3. The molecule has 0 aliphatic carbocycles. The summed E-state index contributed by atoms with van der Waals surface area (Å²) in [6, 6.07) is 7.53. The van der Waals surface area contributed by atoms with Crippen molar-refractivity contribution in [3.8, 4) is 0 Å². The first kappa shape index (κ1) is 12.1. The molecule has 0 fully saturated rings. The van der Waals surface area contributed by atoms with Gasteiger partial charge in [-0.05, 0) is 12.1 Å². The molecule has 0 radical (unpaired) electrons. The Balaban J connectivity index is 2.01. The number of amides is 1. The summed E-state index contributed by atoms with van der Waals surface area (Å²) in [5, 5.41) is 2.47. The lowest BCUT2D eigenvalue weighted by molar-refractivity contribution is -0.141. The van der Waals surface area contributed by atoms with Crippen LogP contribution in [0.2, 0.25) is 0 Å². The van der Waals surface area contributed by atoms with Crippen molar-refractivity contribution in [3.63, 3.8) is 0 Å². The van der Waals surface area contributed by atoms with Crippen LogP contribution in [0.1, 0.15) is 0 Å². The third kappa shape index (κ3) is 2.65. The number of methoxy groups -OCH3 is 1. The number of esters is 1. The van der Waals surface area contributed by atoms with Crippen molar-refractivity contribution >= 4 is 22.9 Å². The number of hydrogen-bond donors (Lipinski definition) is 1. The van der Waals surface area contributed by atoms with Crippen LogP contribution in [0, 0.1) is 0 Å². The van der Waals surface area contributed by atoms with E-state index >= 15 is 0 Å². The highest BCUT2D eigenvalue weighted by Crippen LogP contribution is 2.11. The molecule has 1 aromatic carbocycles. The van der Waals surface area contributed by atoms with Gasteiger partial charge in [0.1, 0.15) is 13.1 Å². The Labute approximate surface area is 104 Å². The lowest BCUT2D eigenvalue weighted by Gasteiger charge is -2.05. The fourth-order valence-electron chi connectivity index (χ4n) is 1.59. The summed E-state index contributed by atoms with van der Waals surface area (Å²) >= 11 is 0. The van der Waals surface area contributed by atoms with Crippen molar-refractivity contribution in [2.75, 3.05) is 13.7 Å². The van der Waals surface area contributed by atoms with Gasteiger partial charge in [-0.2, -0.15) is 0 Å². The van der Waals surface area contributed by atoms with Gasteiger partial charge in [0.15, 0.2) is 0 Å². The topological polar surface area (TPSA) is 73.2 Å². The SMILES string of the molecule is COC(=O)CNC(=O)Cn1cnc2ccccc21. The summed E-state index contributed by atoms with van der Waals surface area (Å²) in [6.07, 6.45) is 1.60. The molecule has 1 heterocycles. The van der Waals surface area contributed by atoms with E-state index in [1.54, 1.807) is 10.9 Å². The van der Waals surface area contributed by atoms with E-state index in [9.17, 15) is 9.59 Å². The lowest BCUT2D eigenvalue weighted by Crippen LogP contribution is -2.32. The number of imidazole rings is 1. The molecule has 0 unspecified atom stereocenters. The number of para-hydroxylation sites is 2. The van der Waals surface area contributed by atoms with Gasteiger partial charge >= 0.3 is 5.97 Å². The Hall–Kier alpha value is -2.37. The number of ether oxygens (including phenoxy) is 1. The van der Waals surface area contributed by atoms with Crippen LogP contribution >= 0.6 is 0 Å². The van der Waals surface area contributed by atoms with Crippen LogP contribution in [-0.2, 0) is 20.9 Å². The summed E-state index contributed by atoms with van der Waals surface area (Å²) in [5.74, 6) is -0.734. The zero-order valence-electron chi connectivity index (χ0n) is 9.92. The molecule has 0 saturated carbocycles. The molecule has 6 nitrogen and oxygen atoms in total. The van der Waals surface area contributed by atoms with Crippen molar-refractivity contribution in [2.24, 2.45) is 0 Å². The minimum Gasteiger partial charge on any atom is -0.468 e. The number of nitrogens with one attached hydrogen (secondary N) is 1. The maximum Gasteiger partial charge on any atom is 0.325 e. The Morgan fingerprint density at radius 2 is 2.17 bits per heavy atom. The molecule has 94 valence electrons. The quantitative estimate of drug-likeness (QED) is 0.790. The Morgan fingerprint density at radius 1 is 1.39 bits per heavy atom. The second-order valence-corrected chi connectivity index (χ2v) is 3.71. The number of rotatable bonds is 4. The molecule has 1 aromatic heterocycles. The Bertz CT molecular complexity index is 577. The fourth-order valence-corrected chi connectivity index (χ4v) is 1.59. The van der Waals surface area contributed by atoms with E-state index in [0.29, 0.717) is 0 Å². The van der Waals surface area contributed by atoms with E-state index in [1.165, 1.54) is 7.11 Å². The van der Waals surface area contributed by atoms with Crippen molar-refractivity contribution in [1.29, 1.82) is 0 Å². The summed E-state index contributed by atoms with van der Waals surface area (Å²) in [5.41, 5.74) is 1.71. The van der Waals surface area contributed by atoms with Crippen LogP contribution in [-0.4, -0.2) is 35.1 Å². The minimum absolute atomic E-state index is 0.123. The van der Waals surface area contributed by atoms with Gasteiger partial charge in [0.2, 0.25) is 5.91 Å². The van der Waals surface area contributed by atoms with Crippen LogP contribution < -0.4 is 5.32 Å². The number of carbonyl (C=O) groups is 2. The Kier molecular flexibility index (Phi) is 3.57. The van der Waals surface area contributed by atoms with Gasteiger partial charge in [-0.3, -0.25) is 9.59 Å². The first-order valence-corrected chi connectivity index (χ1v) is 5.44. The van der Waals surface area contributed by atoms with E-state index < -0.39 is 5.97 Å². The highest BCUT2D eigenvalue weighted by molar-refractivity contribution is 5.83. The molecule has 2 aromatic rings. The predicted octanol–water partition coefficient (Wildman–Crippen LogP) is 0.325. The number of carbonyl (C=O) groups excluding carboxylic acids is 2. The molecule has 0 saturated heterocycles. The van der Waals surface area contributed by atoms with Gasteiger partial charge in [0.05, 0.1) is 24.5 Å². The molecule has 2 rings (SSSR count). The van der Waals surface area contributed by atoms with Crippen LogP contribution in [0.25, 0.3) is 11.0 Å². The molecular weight excluding hydrogens is 234 g/mol. The molecule has 0 aliphatic heterocycles. The maximum absolute atomic E-state index is 11.6. The molecule has 0 aliphatic rings. The van der Waals surface area contributed by atoms with E-state index in [0.717, 1.165) is 11.0 Å². The number of nitrogens with zero attached hydrogens (tertiary/aromatic N) is 2. The van der Waals surface area contributed by atoms with Crippen LogP contribution in [0.5, 0.6) is 0 Å². The second kappa shape index (κ2) is 5.31. The van der Waals surface area contributed by atoms with Crippen LogP contribution in [0.15, 0.2) is 30.6 Å². The van der Waals surface area contributed by atoms with E-state index in [-0.39, 0.29) is 19.0 Å². The maximum atomic E-state index is 11.6. The summed E-state index contributed by atoms with van der Waals surface area (Å²) in [6.45, 7) is -0.000525. The van der Waals surface area contributed by atoms with Crippen LogP contribution in [0.3, 0.4) is 0 Å². The largest absolute Gasteiger partial charge is 0.468 e. The second-order valence-electron chi connectivity index (χ2n) is 3.71. The number of benzene rings is 1. The highest BCUT2D eigenvalue weighted by Gasteiger charge is 2.08. The van der Waals surface area contributed by atoms with Crippen molar-refractivity contribution in [2.45, 2.75) is 6.54 Å². The van der Waals surface area contributed by atoms with Crippen molar-refractivity contribution in [3.05, 3.63) is 30.6 Å². The van der Waals surface area contributed by atoms with Crippen LogP contribution in [0.4, 0.5) is 0 Å². The third-order valence-electron chi connectivity index (χ3n) is 2.50. The number of hydrogen-bond acceptors (Lipinski definition) is 4. The van der Waals surface area contributed by atoms with Crippen molar-refractivity contribution < 1.29 is 14.3 Å². The Morgan fingerprint density at radius 3 is 2.94 bits per heavy atom. The van der Waals surface area contributed by atoms with Gasteiger partial charge in [-0.25, -0.2) is 4.98 Å². The van der Waals surface area contributed by atoms with E-state index in [1.807, 2.05) is 24.3 Å². The van der Waals surface area contributed by atoms with Gasteiger partial charge < -0.3 is 14.6 Å². The van der Waals surface area contributed by atoms with Gasteiger partial charge in [0, 0.05) is 0 Å². The van der Waals surface area contributed by atoms with Gasteiger partial charge in [-0.15, -0.1) is 0 Å². The summed E-state index contributed by atoms with van der Waals surface area (Å²) in [7, 11) is 1.28. The fraction of sp³-hybridized carbons (Fsp3) is 0.250. The zero-order valence-corrected chi connectivity index (χ0v) is 9.92. The smallest absolute Gasteiger partial charge is 0.325 e. The number of fused-ring (bicyclic) bond motifs is 1. The molecule has 1 amide bonds. The summed E-state index contributed by atoms with van der Waals surface area (Å²) < 4.78 is 6.16. The molecule has 0 atom stereocenters. The monoisotopic (exact) mass is 247 g/mol. The molecule has 0 bridgehead atoms.